The molecule has 1 fully saturated rings. The van der Waals surface area contributed by atoms with Crippen molar-refractivity contribution in [3.63, 3.8) is 0 Å². The van der Waals surface area contributed by atoms with E-state index < -0.39 is 21.7 Å². The lowest BCUT2D eigenvalue weighted by molar-refractivity contribution is 0.102. The Morgan fingerprint density at radius 3 is 2.69 bits per heavy atom. The predicted octanol–water partition coefficient (Wildman–Crippen LogP) is 1.80. The molecule has 0 atom stereocenters. The van der Waals surface area contributed by atoms with E-state index in [1.165, 1.54) is 47.1 Å². The van der Waals surface area contributed by atoms with E-state index in [2.05, 4.69) is 25.6 Å². The van der Waals surface area contributed by atoms with Crippen LogP contribution in [0.5, 0.6) is 0 Å². The van der Waals surface area contributed by atoms with Crippen molar-refractivity contribution >= 4 is 21.6 Å². The number of carbonyl (C=O) groups excluding carboxylic acids is 1. The zero-order chi connectivity index (χ0) is 20.6. The third kappa shape index (κ3) is 4.15. The fourth-order valence-electron chi connectivity index (χ4n) is 2.70. The van der Waals surface area contributed by atoms with Crippen LogP contribution in [0, 0.1) is 12.7 Å². The molecule has 3 aromatic rings. The summed E-state index contributed by atoms with van der Waals surface area (Å²) in [5.74, 6) is -0.703. The third-order valence-corrected chi connectivity index (χ3v) is 5.88. The molecule has 2 N–H and O–H groups in total. The fraction of sp³-hybridized carbons (Fsp3) is 0.222. The predicted molar refractivity (Wildman–Crippen MR) is 102 cm³/mol. The number of amides is 1. The quantitative estimate of drug-likeness (QED) is 0.633. The first-order valence-corrected chi connectivity index (χ1v) is 10.3. The second-order valence-electron chi connectivity index (χ2n) is 6.68. The van der Waals surface area contributed by atoms with Crippen LogP contribution in [0.2, 0.25) is 0 Å². The van der Waals surface area contributed by atoms with Crippen molar-refractivity contribution in [1.29, 1.82) is 0 Å². The molecular formula is C18H17FN6O3S. The van der Waals surface area contributed by atoms with Crippen LogP contribution in [0.15, 0.2) is 47.4 Å². The van der Waals surface area contributed by atoms with Crippen molar-refractivity contribution in [1.82, 2.24) is 24.9 Å². The maximum Gasteiger partial charge on any atom is 0.255 e. The molecule has 0 spiro atoms. The Balaban J connectivity index is 1.57. The Bertz CT molecular complexity index is 1190. The van der Waals surface area contributed by atoms with Crippen LogP contribution in [0.25, 0.3) is 5.69 Å². The molecule has 9 nitrogen and oxygen atoms in total. The number of hydrogen-bond acceptors (Lipinski definition) is 6. The number of carbonyl (C=O) groups is 1. The van der Waals surface area contributed by atoms with Crippen molar-refractivity contribution in [2.24, 2.45) is 0 Å². The van der Waals surface area contributed by atoms with Gasteiger partial charge in [-0.1, -0.05) is 6.07 Å². The summed E-state index contributed by atoms with van der Waals surface area (Å²) in [4.78, 5) is 12.6. The van der Waals surface area contributed by atoms with Gasteiger partial charge in [0.2, 0.25) is 10.0 Å². The summed E-state index contributed by atoms with van der Waals surface area (Å²) < 4.78 is 42.7. The summed E-state index contributed by atoms with van der Waals surface area (Å²) in [5, 5.41) is 13.6. The maximum atomic E-state index is 14.2. The van der Waals surface area contributed by atoms with Gasteiger partial charge in [0, 0.05) is 17.3 Å². The molecule has 29 heavy (non-hydrogen) atoms. The van der Waals surface area contributed by atoms with Gasteiger partial charge in [-0.05, 0) is 66.6 Å². The monoisotopic (exact) mass is 416 g/mol. The van der Waals surface area contributed by atoms with E-state index in [9.17, 15) is 17.6 Å². The van der Waals surface area contributed by atoms with Crippen LogP contribution in [0.4, 0.5) is 10.1 Å². The van der Waals surface area contributed by atoms with Crippen molar-refractivity contribution in [2.45, 2.75) is 30.7 Å². The topological polar surface area (TPSA) is 119 Å². The van der Waals surface area contributed by atoms with Gasteiger partial charge in [-0.3, -0.25) is 4.79 Å². The zero-order valence-corrected chi connectivity index (χ0v) is 16.1. The van der Waals surface area contributed by atoms with Crippen LogP contribution in [-0.4, -0.2) is 40.6 Å². The summed E-state index contributed by atoms with van der Waals surface area (Å²) in [7, 11) is -3.68. The number of nitrogens with one attached hydrogen (secondary N) is 2. The molecule has 1 aromatic heterocycles. The highest BCUT2D eigenvalue weighted by molar-refractivity contribution is 7.89. The summed E-state index contributed by atoms with van der Waals surface area (Å²) in [5.41, 5.74) is 0.550. The van der Waals surface area contributed by atoms with Crippen LogP contribution in [0.1, 0.15) is 29.0 Å². The Morgan fingerprint density at radius 1 is 1.21 bits per heavy atom. The average Bonchev–Trinajstić information content (AvgIpc) is 3.40. The zero-order valence-electron chi connectivity index (χ0n) is 15.3. The Labute approximate surface area is 166 Å². The van der Waals surface area contributed by atoms with E-state index in [0.29, 0.717) is 11.5 Å². The largest absolute Gasteiger partial charge is 0.322 e. The van der Waals surface area contributed by atoms with Crippen molar-refractivity contribution in [3.8, 4) is 5.69 Å². The first-order valence-electron chi connectivity index (χ1n) is 8.82. The smallest absolute Gasteiger partial charge is 0.255 e. The molecule has 1 heterocycles. The lowest BCUT2D eigenvalue weighted by Crippen LogP contribution is -2.26. The van der Waals surface area contributed by atoms with Gasteiger partial charge in [0.25, 0.3) is 5.91 Å². The number of aromatic nitrogens is 4. The van der Waals surface area contributed by atoms with Gasteiger partial charge in [-0.15, -0.1) is 5.10 Å². The summed E-state index contributed by atoms with van der Waals surface area (Å²) in [6.45, 7) is 1.62. The molecule has 150 valence electrons. The van der Waals surface area contributed by atoms with Gasteiger partial charge in [0.05, 0.1) is 4.90 Å². The molecule has 4 rings (SSSR count). The Kier molecular flexibility index (Phi) is 4.84. The molecule has 0 saturated heterocycles. The lowest BCUT2D eigenvalue weighted by Gasteiger charge is -2.10. The van der Waals surface area contributed by atoms with Gasteiger partial charge in [-0.25, -0.2) is 17.5 Å². The van der Waals surface area contributed by atoms with Crippen molar-refractivity contribution in [3.05, 3.63) is 59.7 Å². The van der Waals surface area contributed by atoms with E-state index in [4.69, 9.17) is 0 Å². The third-order valence-electron chi connectivity index (χ3n) is 4.36. The summed E-state index contributed by atoms with van der Waals surface area (Å²) >= 11 is 0. The molecule has 1 amide bonds. The van der Waals surface area contributed by atoms with Gasteiger partial charge in [0.15, 0.2) is 5.82 Å². The molecule has 0 unspecified atom stereocenters. The van der Waals surface area contributed by atoms with Crippen molar-refractivity contribution in [2.75, 3.05) is 5.32 Å². The van der Waals surface area contributed by atoms with E-state index in [1.807, 2.05) is 0 Å². The highest BCUT2D eigenvalue weighted by atomic mass is 32.2. The fourth-order valence-corrected chi connectivity index (χ4v) is 4.05. The first kappa shape index (κ1) is 19.2. The highest BCUT2D eigenvalue weighted by Crippen LogP contribution is 2.23. The number of hydrogen-bond donors (Lipinski definition) is 2. The minimum Gasteiger partial charge on any atom is -0.322 e. The molecule has 1 aliphatic carbocycles. The second kappa shape index (κ2) is 7.33. The molecule has 0 radical (unpaired) electrons. The van der Waals surface area contributed by atoms with E-state index in [0.717, 1.165) is 12.8 Å². The molecule has 2 aromatic carbocycles. The van der Waals surface area contributed by atoms with E-state index in [-0.39, 0.29) is 22.2 Å². The van der Waals surface area contributed by atoms with Gasteiger partial charge >= 0.3 is 0 Å². The SMILES string of the molecule is Cc1nnnn1-c1cc(NC(=O)c2cccc(S(=O)(=O)NC3CC3)c2)ccc1F. The standard InChI is InChI=1S/C18H17FN6O3S/c1-11-21-23-24-25(11)17-10-14(7-8-16(17)19)20-18(26)12-3-2-4-15(9-12)29(27,28)22-13-5-6-13/h2-4,7-10,13,22H,5-6H2,1H3,(H,20,26). The normalized spacial score (nSPS) is 14.0. The van der Waals surface area contributed by atoms with Gasteiger partial charge in [-0.2, -0.15) is 4.68 Å². The van der Waals surface area contributed by atoms with Crippen LogP contribution in [0.3, 0.4) is 0 Å². The van der Waals surface area contributed by atoms with Crippen molar-refractivity contribution < 1.29 is 17.6 Å². The number of rotatable bonds is 6. The maximum absolute atomic E-state index is 14.2. The second-order valence-corrected chi connectivity index (χ2v) is 8.40. The molecule has 1 aliphatic rings. The Morgan fingerprint density at radius 2 is 2.00 bits per heavy atom. The number of anilines is 1. The number of tetrazole rings is 1. The molecular weight excluding hydrogens is 399 g/mol. The number of aryl methyl sites for hydroxylation is 1. The van der Waals surface area contributed by atoms with E-state index >= 15 is 0 Å². The minimum absolute atomic E-state index is 0.0150. The van der Waals surface area contributed by atoms with Crippen LogP contribution < -0.4 is 10.0 Å². The number of nitrogens with zero attached hydrogens (tertiary/aromatic N) is 4. The summed E-state index contributed by atoms with van der Waals surface area (Å²) in [6.07, 6.45) is 1.63. The van der Waals surface area contributed by atoms with Gasteiger partial charge in [0.1, 0.15) is 11.5 Å². The molecule has 0 bridgehead atoms. The van der Waals surface area contributed by atoms with Crippen LogP contribution in [-0.2, 0) is 10.0 Å². The summed E-state index contributed by atoms with van der Waals surface area (Å²) in [6, 6.07) is 9.67. The number of halogens is 1. The minimum atomic E-state index is -3.68. The number of benzene rings is 2. The van der Waals surface area contributed by atoms with Gasteiger partial charge < -0.3 is 5.32 Å². The molecule has 1 saturated carbocycles. The number of sulfonamides is 1. The molecule has 0 aliphatic heterocycles. The first-order chi connectivity index (χ1) is 13.8. The lowest BCUT2D eigenvalue weighted by atomic mass is 10.2. The average molecular weight is 416 g/mol. The molecule has 11 heteroatoms. The van der Waals surface area contributed by atoms with E-state index in [1.54, 1.807) is 6.92 Å². The van der Waals surface area contributed by atoms with Crippen LogP contribution >= 0.6 is 0 Å². The Hall–Kier alpha value is -3.18. The highest BCUT2D eigenvalue weighted by Gasteiger charge is 2.28.